The third-order valence-electron chi connectivity index (χ3n) is 4.70. The van der Waals surface area contributed by atoms with Crippen LogP contribution in [0.4, 0.5) is 0 Å². The zero-order chi connectivity index (χ0) is 14.6. The van der Waals surface area contributed by atoms with Gasteiger partial charge in [-0.05, 0) is 26.7 Å². The Kier molecular flexibility index (Phi) is 5.16. The van der Waals surface area contributed by atoms with Crippen molar-refractivity contribution in [2.24, 2.45) is 0 Å². The van der Waals surface area contributed by atoms with E-state index in [2.05, 4.69) is 48.0 Å². The largest absolute Gasteiger partial charge is 0.311 e. The van der Waals surface area contributed by atoms with Crippen molar-refractivity contribution in [2.75, 3.05) is 13.1 Å². The highest BCUT2D eigenvalue weighted by molar-refractivity contribution is 4.98. The summed E-state index contributed by atoms with van der Waals surface area (Å²) in [6, 6.07) is 0.609. The average molecular weight is 279 g/mol. The van der Waals surface area contributed by atoms with E-state index in [9.17, 15) is 0 Å². The van der Waals surface area contributed by atoms with Crippen molar-refractivity contribution >= 4 is 0 Å². The molecule has 0 radical (unpaired) electrons. The lowest BCUT2D eigenvalue weighted by Gasteiger charge is -2.47. The van der Waals surface area contributed by atoms with Gasteiger partial charge in [-0.15, -0.1) is 0 Å². The van der Waals surface area contributed by atoms with Crippen molar-refractivity contribution in [2.45, 2.75) is 71.6 Å². The van der Waals surface area contributed by atoms with Gasteiger partial charge < -0.3 is 5.32 Å². The number of aromatic nitrogens is 3. The molecule has 0 aliphatic carbocycles. The van der Waals surface area contributed by atoms with E-state index >= 15 is 0 Å². The van der Waals surface area contributed by atoms with Gasteiger partial charge in [0.2, 0.25) is 0 Å². The van der Waals surface area contributed by atoms with Gasteiger partial charge in [-0.1, -0.05) is 20.3 Å². The fourth-order valence-electron chi connectivity index (χ4n) is 3.02. The molecule has 0 amide bonds. The Morgan fingerprint density at radius 3 is 2.85 bits per heavy atom. The number of rotatable bonds is 6. The van der Waals surface area contributed by atoms with Crippen molar-refractivity contribution in [3.63, 3.8) is 0 Å². The minimum Gasteiger partial charge on any atom is -0.311 e. The topological polar surface area (TPSA) is 46.0 Å². The highest BCUT2D eigenvalue weighted by atomic mass is 15.4. The summed E-state index contributed by atoms with van der Waals surface area (Å²) in [5.74, 6) is 1.09. The molecule has 5 heteroatoms. The van der Waals surface area contributed by atoms with Crippen LogP contribution in [0.3, 0.4) is 0 Å². The second-order valence-electron chi connectivity index (χ2n) is 6.09. The summed E-state index contributed by atoms with van der Waals surface area (Å²) in [5, 5.41) is 8.01. The first-order chi connectivity index (χ1) is 9.62. The van der Waals surface area contributed by atoms with Crippen LogP contribution in [0.2, 0.25) is 0 Å². The zero-order valence-electron chi connectivity index (χ0n) is 13.4. The minimum atomic E-state index is 0.217. The maximum Gasteiger partial charge on any atom is 0.141 e. The Morgan fingerprint density at radius 2 is 2.20 bits per heavy atom. The van der Waals surface area contributed by atoms with E-state index in [1.54, 1.807) is 6.33 Å². The summed E-state index contributed by atoms with van der Waals surface area (Å²) in [4.78, 5) is 7.04. The lowest BCUT2D eigenvalue weighted by molar-refractivity contribution is 0.0363. The molecule has 0 aromatic carbocycles. The summed E-state index contributed by atoms with van der Waals surface area (Å²) >= 11 is 0. The number of hydrogen-bond donors (Lipinski definition) is 1. The second-order valence-corrected chi connectivity index (χ2v) is 6.09. The van der Waals surface area contributed by atoms with Crippen LogP contribution in [0.25, 0.3) is 0 Å². The van der Waals surface area contributed by atoms with E-state index in [1.165, 1.54) is 12.8 Å². The average Bonchev–Trinajstić information content (AvgIpc) is 2.90. The van der Waals surface area contributed by atoms with Crippen molar-refractivity contribution in [3.05, 3.63) is 12.2 Å². The van der Waals surface area contributed by atoms with Crippen LogP contribution < -0.4 is 5.32 Å². The van der Waals surface area contributed by atoms with Crippen LogP contribution >= 0.6 is 0 Å². The summed E-state index contributed by atoms with van der Waals surface area (Å²) < 4.78 is 2.01. The van der Waals surface area contributed by atoms with Crippen LogP contribution in [0.15, 0.2) is 6.33 Å². The smallest absolute Gasteiger partial charge is 0.141 e. The predicted octanol–water partition coefficient (Wildman–Crippen LogP) is 2.04. The summed E-state index contributed by atoms with van der Waals surface area (Å²) in [7, 11) is 0. The number of nitrogens with one attached hydrogen (secondary N) is 1. The Bertz CT molecular complexity index is 416. The van der Waals surface area contributed by atoms with Crippen molar-refractivity contribution in [1.82, 2.24) is 25.0 Å². The first-order valence-electron chi connectivity index (χ1n) is 7.98. The van der Waals surface area contributed by atoms with Gasteiger partial charge in [-0.3, -0.25) is 4.90 Å². The predicted molar refractivity (Wildman–Crippen MR) is 81.5 cm³/mol. The van der Waals surface area contributed by atoms with Crippen molar-refractivity contribution in [3.8, 4) is 0 Å². The van der Waals surface area contributed by atoms with E-state index in [-0.39, 0.29) is 5.54 Å². The van der Waals surface area contributed by atoms with Crippen LogP contribution in [-0.2, 0) is 13.1 Å². The summed E-state index contributed by atoms with van der Waals surface area (Å²) in [6.07, 6.45) is 5.31. The van der Waals surface area contributed by atoms with Gasteiger partial charge in [-0.2, -0.15) is 5.10 Å². The highest BCUT2D eigenvalue weighted by Crippen LogP contribution is 2.25. The van der Waals surface area contributed by atoms with Crippen LogP contribution in [0, 0.1) is 0 Å². The van der Waals surface area contributed by atoms with E-state index < -0.39 is 0 Å². The van der Waals surface area contributed by atoms with E-state index in [4.69, 9.17) is 0 Å². The van der Waals surface area contributed by atoms with E-state index in [0.717, 1.165) is 38.4 Å². The monoisotopic (exact) mass is 279 g/mol. The fraction of sp³-hybridized carbons (Fsp3) is 0.867. The van der Waals surface area contributed by atoms with Gasteiger partial charge in [0.15, 0.2) is 0 Å². The normalized spacial score (nSPS) is 27.9. The molecule has 0 saturated carbocycles. The Morgan fingerprint density at radius 1 is 1.40 bits per heavy atom. The van der Waals surface area contributed by atoms with Crippen LogP contribution in [-0.4, -0.2) is 44.3 Å². The van der Waals surface area contributed by atoms with Crippen molar-refractivity contribution < 1.29 is 0 Å². The van der Waals surface area contributed by atoms with Crippen LogP contribution in [0.5, 0.6) is 0 Å². The molecule has 1 fully saturated rings. The zero-order valence-corrected chi connectivity index (χ0v) is 13.4. The molecule has 2 rings (SSSR count). The van der Waals surface area contributed by atoms with Crippen LogP contribution in [0.1, 0.15) is 52.8 Å². The van der Waals surface area contributed by atoms with Gasteiger partial charge in [-0.25, -0.2) is 9.67 Å². The number of nitrogens with zero attached hydrogens (tertiary/aromatic N) is 4. The van der Waals surface area contributed by atoms with Crippen molar-refractivity contribution in [1.29, 1.82) is 0 Å². The standard InChI is InChI=1S/C15H29N5/c1-5-8-13-9-19(15(4,6-2)11-16-13)10-14-17-12-18-20(14)7-3/h12-13,16H,5-11H2,1-4H3. The molecule has 1 saturated heterocycles. The lowest BCUT2D eigenvalue weighted by atomic mass is 9.91. The van der Waals surface area contributed by atoms with E-state index in [0.29, 0.717) is 6.04 Å². The van der Waals surface area contributed by atoms with E-state index in [1.807, 2.05) is 4.68 Å². The highest BCUT2D eigenvalue weighted by Gasteiger charge is 2.36. The Labute approximate surface area is 122 Å². The first kappa shape index (κ1) is 15.4. The molecular weight excluding hydrogens is 250 g/mol. The Balaban J connectivity index is 2.11. The van der Waals surface area contributed by atoms with Gasteiger partial charge >= 0.3 is 0 Å². The molecule has 1 aromatic heterocycles. The molecule has 1 aliphatic rings. The van der Waals surface area contributed by atoms with Gasteiger partial charge in [0.25, 0.3) is 0 Å². The molecule has 1 N–H and O–H groups in total. The van der Waals surface area contributed by atoms with Gasteiger partial charge in [0.05, 0.1) is 6.54 Å². The second kappa shape index (κ2) is 6.68. The SMILES string of the molecule is CCCC1CN(Cc2ncnn2CC)C(C)(CC)CN1. The molecular formula is C15H29N5. The Hall–Kier alpha value is -0.940. The quantitative estimate of drug-likeness (QED) is 0.865. The number of piperazine rings is 1. The van der Waals surface area contributed by atoms with Gasteiger partial charge in [0.1, 0.15) is 12.2 Å². The van der Waals surface area contributed by atoms with Gasteiger partial charge in [0, 0.05) is 31.2 Å². The molecule has 2 heterocycles. The maximum atomic E-state index is 4.44. The molecule has 2 unspecified atom stereocenters. The number of aryl methyl sites for hydroxylation is 1. The molecule has 5 nitrogen and oxygen atoms in total. The lowest BCUT2D eigenvalue weighted by Crippen LogP contribution is -2.62. The molecule has 1 aliphatic heterocycles. The number of hydrogen-bond acceptors (Lipinski definition) is 4. The third kappa shape index (κ3) is 3.20. The third-order valence-corrected chi connectivity index (χ3v) is 4.70. The molecule has 114 valence electrons. The molecule has 20 heavy (non-hydrogen) atoms. The summed E-state index contributed by atoms with van der Waals surface area (Å²) in [5.41, 5.74) is 0.217. The summed E-state index contributed by atoms with van der Waals surface area (Å²) in [6.45, 7) is 13.0. The molecule has 2 atom stereocenters. The maximum absolute atomic E-state index is 4.44. The molecule has 0 bridgehead atoms. The minimum absolute atomic E-state index is 0.217. The fourth-order valence-corrected chi connectivity index (χ4v) is 3.02. The first-order valence-corrected chi connectivity index (χ1v) is 7.98. The molecule has 1 aromatic rings. The molecule has 0 spiro atoms.